The lowest BCUT2D eigenvalue weighted by Crippen LogP contribution is -2.28. The van der Waals surface area contributed by atoms with Gasteiger partial charge in [-0.3, -0.25) is 0 Å². The largest absolute Gasteiger partial charge is 0.478 e. The lowest BCUT2D eigenvalue weighted by atomic mass is 10.1. The molecule has 5 heteroatoms. The zero-order valence-corrected chi connectivity index (χ0v) is 10.7. The van der Waals surface area contributed by atoms with E-state index in [9.17, 15) is 4.79 Å². The van der Waals surface area contributed by atoms with E-state index in [-0.39, 0.29) is 6.10 Å². The maximum absolute atomic E-state index is 11.2. The highest BCUT2D eigenvalue weighted by molar-refractivity contribution is 5.89. The van der Waals surface area contributed by atoms with E-state index in [1.807, 2.05) is 0 Å². The number of carboxylic acids is 1. The van der Waals surface area contributed by atoms with Crippen molar-refractivity contribution in [3.63, 3.8) is 0 Å². The molecular formula is C14H17NO4. The SMILES string of the molecule is O=C(O)c1cnc(OC2CCCOC2)cc1C1CC1. The van der Waals surface area contributed by atoms with Crippen molar-refractivity contribution in [3.05, 3.63) is 23.4 Å². The fraction of sp³-hybridized carbons (Fsp3) is 0.571. The van der Waals surface area contributed by atoms with E-state index in [2.05, 4.69) is 4.98 Å². The Morgan fingerprint density at radius 2 is 2.26 bits per heavy atom. The van der Waals surface area contributed by atoms with E-state index < -0.39 is 5.97 Å². The predicted molar refractivity (Wildman–Crippen MR) is 67.6 cm³/mol. The van der Waals surface area contributed by atoms with Gasteiger partial charge in [-0.15, -0.1) is 0 Å². The first-order chi connectivity index (χ1) is 9.24. The number of hydrogen-bond donors (Lipinski definition) is 1. The van der Waals surface area contributed by atoms with E-state index in [1.165, 1.54) is 6.20 Å². The van der Waals surface area contributed by atoms with Crippen molar-refractivity contribution >= 4 is 5.97 Å². The van der Waals surface area contributed by atoms with E-state index in [1.54, 1.807) is 6.07 Å². The van der Waals surface area contributed by atoms with Gasteiger partial charge in [-0.25, -0.2) is 9.78 Å². The maximum atomic E-state index is 11.2. The average molecular weight is 263 g/mol. The predicted octanol–water partition coefficient (Wildman–Crippen LogP) is 2.21. The molecule has 1 aliphatic carbocycles. The van der Waals surface area contributed by atoms with Crippen LogP contribution in [0.15, 0.2) is 12.3 Å². The molecule has 0 bridgehead atoms. The summed E-state index contributed by atoms with van der Waals surface area (Å²) in [4.78, 5) is 15.3. The van der Waals surface area contributed by atoms with Crippen LogP contribution in [0.1, 0.15) is 47.5 Å². The van der Waals surface area contributed by atoms with Crippen LogP contribution < -0.4 is 4.74 Å². The highest BCUT2D eigenvalue weighted by Crippen LogP contribution is 2.42. The Kier molecular flexibility index (Phi) is 3.38. The molecule has 0 radical (unpaired) electrons. The van der Waals surface area contributed by atoms with Crippen LogP contribution in [0, 0.1) is 0 Å². The zero-order chi connectivity index (χ0) is 13.2. The summed E-state index contributed by atoms with van der Waals surface area (Å²) >= 11 is 0. The van der Waals surface area contributed by atoms with Crippen LogP contribution in [0.3, 0.4) is 0 Å². The summed E-state index contributed by atoms with van der Waals surface area (Å²) in [5.74, 6) is -0.0385. The molecule has 102 valence electrons. The van der Waals surface area contributed by atoms with E-state index in [0.29, 0.717) is 24.0 Å². The number of carbonyl (C=O) groups is 1. The van der Waals surface area contributed by atoms with E-state index in [0.717, 1.165) is 37.9 Å². The van der Waals surface area contributed by atoms with Gasteiger partial charge in [0.05, 0.1) is 12.2 Å². The summed E-state index contributed by atoms with van der Waals surface area (Å²) in [7, 11) is 0. The molecule has 0 aromatic carbocycles. The second kappa shape index (κ2) is 5.17. The minimum Gasteiger partial charge on any atom is -0.478 e. The molecule has 1 atom stereocenters. The van der Waals surface area contributed by atoms with Crippen LogP contribution in [0.2, 0.25) is 0 Å². The molecule has 1 aromatic heterocycles. The number of rotatable bonds is 4. The minimum absolute atomic E-state index is 0.0315. The first-order valence-electron chi connectivity index (χ1n) is 6.71. The summed E-state index contributed by atoms with van der Waals surface area (Å²) in [6.45, 7) is 1.37. The average Bonchev–Trinajstić information content (AvgIpc) is 3.24. The smallest absolute Gasteiger partial charge is 0.337 e. The number of hydrogen-bond acceptors (Lipinski definition) is 4. The van der Waals surface area contributed by atoms with Crippen LogP contribution in [0.4, 0.5) is 0 Å². The Morgan fingerprint density at radius 1 is 1.42 bits per heavy atom. The molecule has 1 aliphatic heterocycles. The Hall–Kier alpha value is -1.62. The van der Waals surface area contributed by atoms with Gasteiger partial charge in [0.25, 0.3) is 0 Å². The van der Waals surface area contributed by atoms with E-state index >= 15 is 0 Å². The van der Waals surface area contributed by atoms with Gasteiger partial charge >= 0.3 is 5.97 Å². The normalized spacial score (nSPS) is 23.1. The molecule has 2 aliphatic rings. The molecule has 1 aromatic rings. The van der Waals surface area contributed by atoms with Crippen LogP contribution in [-0.2, 0) is 4.74 Å². The second-order valence-electron chi connectivity index (χ2n) is 5.15. The number of carboxylic acid groups (broad SMARTS) is 1. The van der Waals surface area contributed by atoms with Crippen molar-refractivity contribution in [2.75, 3.05) is 13.2 Å². The maximum Gasteiger partial charge on any atom is 0.337 e. The second-order valence-corrected chi connectivity index (χ2v) is 5.15. The Bertz CT molecular complexity index is 478. The highest BCUT2D eigenvalue weighted by atomic mass is 16.5. The third-order valence-electron chi connectivity index (χ3n) is 3.56. The van der Waals surface area contributed by atoms with Crippen LogP contribution >= 0.6 is 0 Å². The van der Waals surface area contributed by atoms with Gasteiger partial charge in [-0.2, -0.15) is 0 Å². The van der Waals surface area contributed by atoms with Gasteiger partial charge < -0.3 is 14.6 Å². The Balaban J connectivity index is 1.78. The summed E-state index contributed by atoms with van der Waals surface area (Å²) in [6, 6.07) is 1.79. The lowest BCUT2D eigenvalue weighted by molar-refractivity contribution is 0.00544. The van der Waals surface area contributed by atoms with Crippen molar-refractivity contribution in [2.24, 2.45) is 0 Å². The molecule has 3 rings (SSSR count). The molecule has 1 unspecified atom stereocenters. The Morgan fingerprint density at radius 3 is 2.89 bits per heavy atom. The van der Waals surface area contributed by atoms with Gasteiger partial charge in [0, 0.05) is 18.9 Å². The number of pyridine rings is 1. The third-order valence-corrected chi connectivity index (χ3v) is 3.56. The topological polar surface area (TPSA) is 68.7 Å². The number of nitrogens with zero attached hydrogens (tertiary/aromatic N) is 1. The van der Waals surface area contributed by atoms with Gasteiger partial charge in [0.2, 0.25) is 5.88 Å². The summed E-state index contributed by atoms with van der Waals surface area (Å²) < 4.78 is 11.1. The highest BCUT2D eigenvalue weighted by Gasteiger charge is 2.29. The van der Waals surface area contributed by atoms with E-state index in [4.69, 9.17) is 14.6 Å². The summed E-state index contributed by atoms with van der Waals surface area (Å²) in [5.41, 5.74) is 1.16. The monoisotopic (exact) mass is 263 g/mol. The standard InChI is InChI=1S/C14H17NO4/c16-14(17)12-7-15-13(6-11(12)9-3-4-9)19-10-2-1-5-18-8-10/h6-7,9-10H,1-5,8H2,(H,16,17). The fourth-order valence-corrected chi connectivity index (χ4v) is 2.40. The molecule has 2 fully saturated rings. The van der Waals surface area contributed by atoms with Crippen molar-refractivity contribution in [2.45, 2.75) is 37.7 Å². The van der Waals surface area contributed by atoms with Crippen LogP contribution in [0.25, 0.3) is 0 Å². The molecule has 19 heavy (non-hydrogen) atoms. The number of ether oxygens (including phenoxy) is 2. The molecule has 1 saturated carbocycles. The van der Waals surface area contributed by atoms with Crippen molar-refractivity contribution in [3.8, 4) is 5.88 Å². The molecule has 1 N–H and O–H groups in total. The van der Waals surface area contributed by atoms with Gasteiger partial charge in [0.15, 0.2) is 0 Å². The molecule has 1 saturated heterocycles. The molecule has 2 heterocycles. The van der Waals surface area contributed by atoms with Crippen molar-refractivity contribution < 1.29 is 19.4 Å². The molecule has 5 nitrogen and oxygen atoms in total. The third kappa shape index (κ3) is 2.87. The first-order valence-corrected chi connectivity index (χ1v) is 6.71. The number of aromatic carboxylic acids is 1. The molecule has 0 spiro atoms. The van der Waals surface area contributed by atoms with Gasteiger partial charge in [0.1, 0.15) is 6.10 Å². The fourth-order valence-electron chi connectivity index (χ4n) is 2.40. The zero-order valence-electron chi connectivity index (χ0n) is 10.7. The quantitative estimate of drug-likeness (QED) is 0.902. The number of aromatic nitrogens is 1. The summed E-state index contributed by atoms with van der Waals surface area (Å²) in [6.07, 6.45) is 5.50. The first kappa shape index (κ1) is 12.4. The van der Waals surface area contributed by atoms with Gasteiger partial charge in [-0.1, -0.05) is 0 Å². The Labute approximate surface area is 111 Å². The molecule has 0 amide bonds. The van der Waals surface area contributed by atoms with Crippen molar-refractivity contribution in [1.29, 1.82) is 0 Å². The van der Waals surface area contributed by atoms with Crippen molar-refractivity contribution in [1.82, 2.24) is 4.98 Å². The molecular weight excluding hydrogens is 246 g/mol. The van der Waals surface area contributed by atoms with Crippen LogP contribution in [0.5, 0.6) is 5.88 Å². The lowest BCUT2D eigenvalue weighted by Gasteiger charge is -2.23. The van der Waals surface area contributed by atoms with Gasteiger partial charge in [-0.05, 0) is 37.2 Å². The summed E-state index contributed by atoms with van der Waals surface area (Å²) in [5, 5.41) is 9.15. The van der Waals surface area contributed by atoms with Crippen LogP contribution in [-0.4, -0.2) is 35.4 Å². The minimum atomic E-state index is -0.915.